The van der Waals surface area contributed by atoms with E-state index in [9.17, 15) is 4.79 Å². The van der Waals surface area contributed by atoms with Crippen LogP contribution in [-0.2, 0) is 0 Å². The van der Waals surface area contributed by atoms with Crippen molar-refractivity contribution >= 4 is 63.1 Å². The number of hydrogen-bond acceptors (Lipinski definition) is 5. The average Bonchev–Trinajstić information content (AvgIpc) is 2.86. The average molecular weight is 393 g/mol. The van der Waals surface area contributed by atoms with E-state index in [4.69, 9.17) is 33.2 Å². The summed E-state index contributed by atoms with van der Waals surface area (Å²) in [5, 5.41) is 0. The second-order valence-corrected chi connectivity index (χ2v) is 8.11. The molecule has 5 nitrogen and oxygen atoms in total. The summed E-state index contributed by atoms with van der Waals surface area (Å²) in [6.45, 7) is 1.34. The van der Waals surface area contributed by atoms with Crippen LogP contribution in [0.3, 0.4) is 0 Å². The maximum atomic E-state index is 13.1. The van der Waals surface area contributed by atoms with E-state index in [1.54, 1.807) is 11.0 Å². The highest BCUT2D eigenvalue weighted by molar-refractivity contribution is 7.20. The third-order valence-corrected chi connectivity index (χ3v) is 5.65. The van der Waals surface area contributed by atoms with Crippen LogP contribution in [0.15, 0.2) is 30.3 Å². The van der Waals surface area contributed by atoms with Crippen LogP contribution in [0, 0.1) is 0 Å². The molecule has 8 heteroatoms. The van der Waals surface area contributed by atoms with Crippen molar-refractivity contribution < 1.29 is 4.79 Å². The number of fused-ring (bicyclic) bond motifs is 2. The number of rotatable bonds is 1. The molecule has 3 heterocycles. The smallest absolute Gasteiger partial charge is 0.261 e. The zero-order valence-corrected chi connectivity index (χ0v) is 15.7. The highest BCUT2D eigenvalue weighted by Crippen LogP contribution is 2.35. The van der Waals surface area contributed by atoms with Gasteiger partial charge >= 0.3 is 0 Å². The molecule has 2 aromatic heterocycles. The van der Waals surface area contributed by atoms with Gasteiger partial charge in [0, 0.05) is 20.1 Å². The Hall–Kier alpha value is -1.89. The van der Waals surface area contributed by atoms with Crippen LogP contribution in [0.2, 0.25) is 8.67 Å². The van der Waals surface area contributed by atoms with Crippen molar-refractivity contribution in [1.29, 1.82) is 0 Å². The molecule has 0 saturated heterocycles. The van der Waals surface area contributed by atoms with Gasteiger partial charge in [0.05, 0.1) is 20.9 Å². The maximum Gasteiger partial charge on any atom is 0.261 e. The zero-order valence-electron chi connectivity index (χ0n) is 13.4. The summed E-state index contributed by atoms with van der Waals surface area (Å²) < 4.78 is 0.882. The first kappa shape index (κ1) is 16.6. The Balaban J connectivity index is 1.87. The molecule has 128 valence electrons. The number of benzene rings is 1. The fraction of sp³-hybridized carbons (Fsp3) is 0.235. The van der Waals surface area contributed by atoms with Crippen LogP contribution < -0.4 is 9.80 Å². The number of aromatic nitrogens is 2. The van der Waals surface area contributed by atoms with Gasteiger partial charge in [-0.05, 0) is 24.6 Å². The van der Waals surface area contributed by atoms with Gasteiger partial charge in [-0.2, -0.15) is 0 Å². The first-order valence-electron chi connectivity index (χ1n) is 7.79. The quantitative estimate of drug-likeness (QED) is 0.612. The third kappa shape index (κ3) is 2.94. The number of hydrogen-bond donors (Lipinski definition) is 0. The molecule has 0 N–H and O–H groups in total. The van der Waals surface area contributed by atoms with E-state index in [2.05, 4.69) is 0 Å². The van der Waals surface area contributed by atoms with E-state index < -0.39 is 0 Å². The summed E-state index contributed by atoms with van der Waals surface area (Å²) in [5.41, 5.74) is 1.96. The van der Waals surface area contributed by atoms with Gasteiger partial charge in [0.2, 0.25) is 0 Å². The lowest BCUT2D eigenvalue weighted by molar-refractivity contribution is 0.0987. The molecule has 1 aliphatic rings. The van der Waals surface area contributed by atoms with Crippen molar-refractivity contribution in [3.63, 3.8) is 0 Å². The minimum atomic E-state index is -0.200. The standard InChI is InChI=1S/C17H14Cl2N4OS/c1-22-7-4-8-23(17(24)10-9-13(18)25-14(10)19)16-15(22)20-11-5-2-3-6-12(11)21-16/h2-3,5-6,9H,4,7-8H2,1H3. The number of carbonyl (C=O) groups is 1. The van der Waals surface area contributed by atoms with E-state index >= 15 is 0 Å². The van der Waals surface area contributed by atoms with E-state index in [0.29, 0.717) is 32.4 Å². The molecule has 1 aromatic carbocycles. The maximum absolute atomic E-state index is 13.1. The second kappa shape index (κ2) is 6.44. The van der Waals surface area contributed by atoms with Crippen LogP contribution in [0.5, 0.6) is 0 Å². The van der Waals surface area contributed by atoms with Crippen molar-refractivity contribution in [1.82, 2.24) is 9.97 Å². The molecule has 25 heavy (non-hydrogen) atoms. The monoisotopic (exact) mass is 392 g/mol. The summed E-state index contributed by atoms with van der Waals surface area (Å²) in [4.78, 5) is 26.2. The van der Waals surface area contributed by atoms with Gasteiger partial charge in [-0.3, -0.25) is 9.69 Å². The van der Waals surface area contributed by atoms with Gasteiger partial charge in [0.1, 0.15) is 4.34 Å². The van der Waals surface area contributed by atoms with Gasteiger partial charge in [0.15, 0.2) is 11.6 Å². The SMILES string of the molecule is CN1CCCN(C(=O)c2cc(Cl)sc2Cl)c2nc3ccccc3nc21. The number of anilines is 2. The largest absolute Gasteiger partial charge is 0.357 e. The summed E-state index contributed by atoms with van der Waals surface area (Å²) >= 11 is 13.4. The molecule has 0 saturated carbocycles. The third-order valence-electron chi connectivity index (χ3n) is 4.16. The Bertz CT molecular complexity index is 974. The van der Waals surface area contributed by atoms with Gasteiger partial charge in [0.25, 0.3) is 5.91 Å². The lowest BCUT2D eigenvalue weighted by Crippen LogP contribution is -2.32. The lowest BCUT2D eigenvalue weighted by atomic mass is 10.2. The molecule has 0 radical (unpaired) electrons. The van der Waals surface area contributed by atoms with E-state index in [1.165, 1.54) is 11.3 Å². The number of halogens is 2. The van der Waals surface area contributed by atoms with E-state index in [1.807, 2.05) is 36.2 Å². The number of amides is 1. The molecule has 0 unspecified atom stereocenters. The topological polar surface area (TPSA) is 49.3 Å². The van der Waals surface area contributed by atoms with Crippen LogP contribution in [0.4, 0.5) is 11.6 Å². The Labute approximate surface area is 158 Å². The normalized spacial score (nSPS) is 14.5. The van der Waals surface area contributed by atoms with Crippen molar-refractivity contribution in [2.75, 3.05) is 29.9 Å². The Morgan fingerprint density at radius 2 is 1.80 bits per heavy atom. The number of thiophene rings is 1. The highest BCUT2D eigenvalue weighted by atomic mass is 35.5. The van der Waals surface area contributed by atoms with Crippen LogP contribution >= 0.6 is 34.5 Å². The predicted octanol–water partition coefficient (Wildman–Crippen LogP) is 4.48. The van der Waals surface area contributed by atoms with Gasteiger partial charge in [-0.1, -0.05) is 35.3 Å². The number of para-hydroxylation sites is 2. The van der Waals surface area contributed by atoms with E-state index in [-0.39, 0.29) is 5.91 Å². The minimum absolute atomic E-state index is 0.200. The predicted molar refractivity (Wildman–Crippen MR) is 103 cm³/mol. The molecular formula is C17H14Cl2N4OS. The molecule has 0 bridgehead atoms. The Kier molecular flexibility index (Phi) is 4.27. The fourth-order valence-corrected chi connectivity index (χ4v) is 4.37. The molecule has 4 rings (SSSR count). The summed E-state index contributed by atoms with van der Waals surface area (Å²) in [5.74, 6) is 1.05. The number of nitrogens with zero attached hydrogens (tertiary/aromatic N) is 4. The first-order valence-corrected chi connectivity index (χ1v) is 9.36. The van der Waals surface area contributed by atoms with Crippen LogP contribution in [-0.4, -0.2) is 36.0 Å². The molecular weight excluding hydrogens is 379 g/mol. The minimum Gasteiger partial charge on any atom is -0.357 e. The Morgan fingerprint density at radius 1 is 1.12 bits per heavy atom. The molecule has 0 atom stereocenters. The Morgan fingerprint density at radius 3 is 2.44 bits per heavy atom. The highest BCUT2D eigenvalue weighted by Gasteiger charge is 2.29. The van der Waals surface area contributed by atoms with Crippen molar-refractivity contribution in [2.24, 2.45) is 0 Å². The summed E-state index contributed by atoms with van der Waals surface area (Å²) in [7, 11) is 1.96. The van der Waals surface area contributed by atoms with Gasteiger partial charge in [-0.15, -0.1) is 11.3 Å². The van der Waals surface area contributed by atoms with Crippen LogP contribution in [0.25, 0.3) is 11.0 Å². The zero-order chi connectivity index (χ0) is 17.6. The van der Waals surface area contributed by atoms with Crippen molar-refractivity contribution in [3.05, 3.63) is 44.6 Å². The molecule has 0 fully saturated rings. The molecule has 1 aliphatic heterocycles. The molecule has 1 amide bonds. The first-order chi connectivity index (χ1) is 12.0. The summed E-state index contributed by atoms with van der Waals surface area (Å²) in [6.07, 6.45) is 0.812. The van der Waals surface area contributed by atoms with Crippen molar-refractivity contribution in [2.45, 2.75) is 6.42 Å². The van der Waals surface area contributed by atoms with Gasteiger partial charge < -0.3 is 4.90 Å². The van der Waals surface area contributed by atoms with Crippen molar-refractivity contribution in [3.8, 4) is 0 Å². The number of carbonyl (C=O) groups excluding carboxylic acids is 1. The van der Waals surface area contributed by atoms with Gasteiger partial charge in [-0.25, -0.2) is 9.97 Å². The molecule has 0 spiro atoms. The second-order valence-electron chi connectivity index (χ2n) is 5.83. The molecule has 3 aromatic rings. The van der Waals surface area contributed by atoms with E-state index in [0.717, 1.165) is 24.0 Å². The fourth-order valence-electron chi connectivity index (χ4n) is 2.93. The molecule has 0 aliphatic carbocycles. The summed E-state index contributed by atoms with van der Waals surface area (Å²) in [6, 6.07) is 9.26. The lowest BCUT2D eigenvalue weighted by Gasteiger charge is -2.22. The van der Waals surface area contributed by atoms with Crippen LogP contribution in [0.1, 0.15) is 16.8 Å².